The first kappa shape index (κ1) is 20.4. The van der Waals surface area contributed by atoms with Crippen LogP contribution in [-0.2, 0) is 6.54 Å². The Hall–Kier alpha value is -1.90. The Balaban J connectivity index is 0.00000243. The molecule has 2 aromatic rings. The monoisotopic (exact) mass is 470 g/mol. The van der Waals surface area contributed by atoms with Crippen molar-refractivity contribution in [2.24, 2.45) is 10.7 Å². The van der Waals surface area contributed by atoms with Crippen LogP contribution < -0.4 is 15.8 Å². The van der Waals surface area contributed by atoms with E-state index < -0.39 is 5.82 Å². The molecule has 1 aromatic carbocycles. The van der Waals surface area contributed by atoms with Crippen molar-refractivity contribution in [1.29, 1.82) is 0 Å². The van der Waals surface area contributed by atoms with E-state index in [1.807, 2.05) is 0 Å². The van der Waals surface area contributed by atoms with E-state index in [1.165, 1.54) is 31.5 Å². The first-order valence-corrected chi connectivity index (χ1v) is 8.63. The first-order chi connectivity index (χ1) is 12.2. The molecule has 1 fully saturated rings. The van der Waals surface area contributed by atoms with Crippen molar-refractivity contribution in [2.45, 2.75) is 44.7 Å². The van der Waals surface area contributed by atoms with E-state index in [0.29, 0.717) is 24.3 Å². The molecular weight excluding hydrogens is 446 g/mol. The predicted molar refractivity (Wildman–Crippen MR) is 111 cm³/mol. The van der Waals surface area contributed by atoms with E-state index in [-0.39, 0.29) is 29.7 Å². The predicted octanol–water partition coefficient (Wildman–Crippen LogP) is 4.37. The fourth-order valence-corrected chi connectivity index (χ4v) is 2.94. The fraction of sp³-hybridized carbons (Fsp3) is 0.368. The third-order valence-corrected chi connectivity index (χ3v) is 4.25. The molecule has 3 N–H and O–H groups in total. The van der Waals surface area contributed by atoms with Crippen molar-refractivity contribution in [3.05, 3.63) is 54.1 Å². The van der Waals surface area contributed by atoms with Crippen molar-refractivity contribution < 1.29 is 9.13 Å². The maximum absolute atomic E-state index is 14.2. The van der Waals surface area contributed by atoms with Crippen LogP contribution in [0, 0.1) is 5.82 Å². The lowest BCUT2D eigenvalue weighted by atomic mass is 9.96. The quantitative estimate of drug-likeness (QED) is 0.387. The van der Waals surface area contributed by atoms with Crippen molar-refractivity contribution in [2.75, 3.05) is 0 Å². The minimum absolute atomic E-state index is 0. The number of aromatic nitrogens is 1. The number of hydrogen-bond donors (Lipinski definition) is 2. The molecule has 0 atom stereocenters. The highest BCUT2D eigenvalue weighted by Crippen LogP contribution is 2.24. The number of nitrogens with one attached hydrogen (secondary N) is 1. The van der Waals surface area contributed by atoms with E-state index in [0.717, 1.165) is 18.4 Å². The number of rotatable bonds is 5. The maximum Gasteiger partial charge on any atom is 0.189 e. The van der Waals surface area contributed by atoms with Gasteiger partial charge in [0.2, 0.25) is 0 Å². The zero-order valence-electron chi connectivity index (χ0n) is 14.5. The highest BCUT2D eigenvalue weighted by atomic mass is 127. The number of guanidine groups is 1. The highest BCUT2D eigenvalue weighted by molar-refractivity contribution is 14.0. The lowest BCUT2D eigenvalue weighted by Crippen LogP contribution is -2.41. The van der Waals surface area contributed by atoms with Gasteiger partial charge in [-0.15, -0.1) is 24.0 Å². The summed E-state index contributed by atoms with van der Waals surface area (Å²) in [5, 5.41) is 3.25. The topological polar surface area (TPSA) is 72.5 Å². The number of hydrogen-bond acceptors (Lipinski definition) is 3. The molecule has 3 rings (SSSR count). The number of nitrogens with zero attached hydrogens (tertiary/aromatic N) is 2. The van der Waals surface area contributed by atoms with Gasteiger partial charge in [0.1, 0.15) is 5.75 Å². The van der Waals surface area contributed by atoms with Gasteiger partial charge in [-0.05, 0) is 42.7 Å². The summed E-state index contributed by atoms with van der Waals surface area (Å²) in [6, 6.07) is 8.66. The Morgan fingerprint density at radius 2 is 2.08 bits per heavy atom. The molecule has 26 heavy (non-hydrogen) atoms. The average Bonchev–Trinajstić information content (AvgIpc) is 2.64. The number of nitrogens with two attached hydrogens (primary N) is 1. The van der Waals surface area contributed by atoms with Gasteiger partial charge >= 0.3 is 0 Å². The van der Waals surface area contributed by atoms with Crippen LogP contribution in [0.25, 0.3) is 0 Å². The van der Waals surface area contributed by atoms with E-state index in [1.54, 1.807) is 30.5 Å². The van der Waals surface area contributed by atoms with Crippen molar-refractivity contribution in [1.82, 2.24) is 10.3 Å². The van der Waals surface area contributed by atoms with Gasteiger partial charge in [-0.25, -0.2) is 9.38 Å². The summed E-state index contributed by atoms with van der Waals surface area (Å²) in [4.78, 5) is 8.25. The molecule has 0 spiro atoms. The summed E-state index contributed by atoms with van der Waals surface area (Å²) in [7, 11) is 0. The molecule has 0 amide bonds. The Bertz CT molecular complexity index is 721. The smallest absolute Gasteiger partial charge is 0.189 e. The molecule has 1 aliphatic rings. The van der Waals surface area contributed by atoms with E-state index in [4.69, 9.17) is 10.5 Å². The van der Waals surface area contributed by atoms with E-state index >= 15 is 0 Å². The Kier molecular flexibility index (Phi) is 8.08. The summed E-state index contributed by atoms with van der Waals surface area (Å²) >= 11 is 0. The van der Waals surface area contributed by atoms with Gasteiger partial charge in [-0.1, -0.05) is 25.3 Å². The Morgan fingerprint density at radius 3 is 2.77 bits per heavy atom. The van der Waals surface area contributed by atoms with Crippen LogP contribution >= 0.6 is 24.0 Å². The third kappa shape index (κ3) is 6.12. The molecule has 5 nitrogen and oxygen atoms in total. The summed E-state index contributed by atoms with van der Waals surface area (Å²) in [5.74, 6) is 0.639. The summed E-state index contributed by atoms with van der Waals surface area (Å²) < 4.78 is 19.7. The molecule has 0 aliphatic heterocycles. The Morgan fingerprint density at radius 1 is 1.27 bits per heavy atom. The van der Waals surface area contributed by atoms with Gasteiger partial charge < -0.3 is 15.8 Å². The minimum Gasteiger partial charge on any atom is -0.453 e. The van der Waals surface area contributed by atoms with Crippen molar-refractivity contribution in [3.8, 4) is 11.5 Å². The molecule has 0 bridgehead atoms. The second kappa shape index (κ2) is 10.3. The van der Waals surface area contributed by atoms with Crippen LogP contribution in [0.15, 0.2) is 47.7 Å². The molecule has 1 heterocycles. The molecule has 7 heteroatoms. The first-order valence-electron chi connectivity index (χ1n) is 8.63. The molecule has 0 unspecified atom stereocenters. The highest BCUT2D eigenvalue weighted by Gasteiger charge is 2.13. The zero-order valence-corrected chi connectivity index (χ0v) is 16.9. The molecule has 1 saturated carbocycles. The van der Waals surface area contributed by atoms with Crippen molar-refractivity contribution in [3.63, 3.8) is 0 Å². The summed E-state index contributed by atoms with van der Waals surface area (Å²) in [6.07, 6.45) is 9.19. The largest absolute Gasteiger partial charge is 0.453 e. The average molecular weight is 470 g/mol. The second-order valence-corrected chi connectivity index (χ2v) is 6.24. The number of pyridine rings is 1. The lowest BCUT2D eigenvalue weighted by molar-refractivity contribution is 0.412. The maximum atomic E-state index is 14.2. The van der Waals surface area contributed by atoms with Gasteiger partial charge in [0.15, 0.2) is 17.5 Å². The molecule has 140 valence electrons. The Labute approximate surface area is 170 Å². The van der Waals surface area contributed by atoms with Crippen LogP contribution in [0.5, 0.6) is 11.5 Å². The van der Waals surface area contributed by atoms with Gasteiger partial charge in [-0.2, -0.15) is 0 Å². The van der Waals surface area contributed by atoms with Crippen LogP contribution in [0.2, 0.25) is 0 Å². The normalized spacial score (nSPS) is 15.2. The minimum atomic E-state index is -0.435. The number of halogens is 2. The zero-order chi connectivity index (χ0) is 17.5. The number of ether oxygens (including phenoxy) is 1. The van der Waals surface area contributed by atoms with Gasteiger partial charge in [0.05, 0.1) is 12.7 Å². The van der Waals surface area contributed by atoms with Crippen LogP contribution in [0.3, 0.4) is 0 Å². The van der Waals surface area contributed by atoms with Gasteiger partial charge in [0.25, 0.3) is 0 Å². The molecule has 0 radical (unpaired) electrons. The van der Waals surface area contributed by atoms with Crippen LogP contribution in [0.1, 0.15) is 37.7 Å². The molecular formula is C19H24FIN4O. The number of benzene rings is 1. The van der Waals surface area contributed by atoms with Gasteiger partial charge in [0, 0.05) is 12.2 Å². The molecule has 1 aromatic heterocycles. The van der Waals surface area contributed by atoms with E-state index in [2.05, 4.69) is 15.3 Å². The third-order valence-electron chi connectivity index (χ3n) is 4.25. The second-order valence-electron chi connectivity index (χ2n) is 6.24. The van der Waals surface area contributed by atoms with Crippen LogP contribution in [-0.4, -0.2) is 17.0 Å². The standard InChI is InChI=1S/C19H23FN4O.HI/c20-17-11-14(8-9-18(17)25-16-7-4-10-22-13-16)12-23-19(21)24-15-5-2-1-3-6-15;/h4,7-11,13,15H,1-3,5-6,12H2,(H3,21,23,24);1H. The summed E-state index contributed by atoms with van der Waals surface area (Å²) in [6.45, 7) is 0.329. The van der Waals surface area contributed by atoms with E-state index in [9.17, 15) is 4.39 Å². The molecule has 1 aliphatic carbocycles. The lowest BCUT2D eigenvalue weighted by Gasteiger charge is -2.23. The van der Waals surface area contributed by atoms with Gasteiger partial charge in [-0.3, -0.25) is 4.98 Å². The molecule has 0 saturated heterocycles. The van der Waals surface area contributed by atoms with Crippen molar-refractivity contribution >= 4 is 29.9 Å². The van der Waals surface area contributed by atoms with Crippen LogP contribution in [0.4, 0.5) is 4.39 Å². The summed E-state index contributed by atoms with van der Waals surface area (Å²) in [5.41, 5.74) is 6.68. The fourth-order valence-electron chi connectivity index (χ4n) is 2.94. The SMILES string of the molecule is I.NC(=NCc1ccc(Oc2cccnc2)c(F)c1)NC1CCCCC1. The number of aliphatic imine (C=N–C) groups is 1.